The molecule has 0 unspecified atom stereocenters. The number of hydrogen-bond acceptors (Lipinski definition) is 1. The average molecular weight is 390 g/mol. The zero-order valence-corrected chi connectivity index (χ0v) is 15.3. The molecule has 0 aliphatic carbocycles. The summed E-state index contributed by atoms with van der Waals surface area (Å²) < 4.78 is 2.99. The van der Waals surface area contributed by atoms with Crippen LogP contribution in [0.1, 0.15) is 23.9 Å². The Bertz CT molecular complexity index is 589. The second kappa shape index (κ2) is 7.17. The first kappa shape index (κ1) is 16.9. The van der Waals surface area contributed by atoms with E-state index in [9.17, 15) is 0 Å². The topological polar surface area (TPSA) is 17.8 Å². The second-order valence-electron chi connectivity index (χ2n) is 5.34. The van der Waals surface area contributed by atoms with Crippen molar-refractivity contribution in [3.05, 3.63) is 51.8 Å². The maximum absolute atomic E-state index is 6.32. The summed E-state index contributed by atoms with van der Waals surface area (Å²) in [6.45, 7) is 2.11. The summed E-state index contributed by atoms with van der Waals surface area (Å²) >= 11 is 16.1. The largest absolute Gasteiger partial charge is 0.272 e. The Morgan fingerprint density at radius 1 is 1.19 bits per heavy atom. The zero-order valence-electron chi connectivity index (χ0n) is 12.2. The molecule has 0 amide bonds. The summed E-state index contributed by atoms with van der Waals surface area (Å²) in [5.74, 6) is 0.954. The van der Waals surface area contributed by atoms with E-state index in [4.69, 9.17) is 23.2 Å². The SMILES string of the molecule is CCc1cc(CC(CCl)(CCl)c2ccc(Br)cc2)n(C)n1. The Hall–Kier alpha value is -0.510. The lowest BCUT2D eigenvalue weighted by Crippen LogP contribution is -2.34. The van der Waals surface area contributed by atoms with Crippen LogP contribution in [0.5, 0.6) is 0 Å². The predicted molar refractivity (Wildman–Crippen MR) is 93.6 cm³/mol. The standard InChI is InChI=1S/C16H19BrCl2N2/c1-3-14-8-15(21(2)20-14)9-16(10-18,11-19)12-4-6-13(17)7-5-12/h4-8H,3,9-11H2,1-2H3. The molecule has 0 fully saturated rings. The lowest BCUT2D eigenvalue weighted by Gasteiger charge is -2.30. The van der Waals surface area contributed by atoms with Crippen molar-refractivity contribution < 1.29 is 0 Å². The molecule has 5 heteroatoms. The third kappa shape index (κ3) is 3.64. The van der Waals surface area contributed by atoms with E-state index in [1.165, 1.54) is 0 Å². The molecule has 0 radical (unpaired) electrons. The molecule has 1 aromatic heterocycles. The van der Waals surface area contributed by atoms with Crippen LogP contribution in [0.25, 0.3) is 0 Å². The van der Waals surface area contributed by atoms with Crippen LogP contribution in [-0.2, 0) is 25.3 Å². The van der Waals surface area contributed by atoms with Crippen molar-refractivity contribution >= 4 is 39.1 Å². The molecule has 0 atom stereocenters. The number of nitrogens with zero attached hydrogens (tertiary/aromatic N) is 2. The van der Waals surface area contributed by atoms with Gasteiger partial charge >= 0.3 is 0 Å². The van der Waals surface area contributed by atoms with Crippen LogP contribution < -0.4 is 0 Å². The van der Waals surface area contributed by atoms with Gasteiger partial charge in [0.25, 0.3) is 0 Å². The van der Waals surface area contributed by atoms with E-state index < -0.39 is 0 Å². The van der Waals surface area contributed by atoms with Gasteiger partial charge in [0.05, 0.1) is 5.69 Å². The molecule has 21 heavy (non-hydrogen) atoms. The van der Waals surface area contributed by atoms with E-state index >= 15 is 0 Å². The quantitative estimate of drug-likeness (QED) is 0.654. The van der Waals surface area contributed by atoms with Crippen LogP contribution >= 0.6 is 39.1 Å². The molecule has 0 saturated heterocycles. The van der Waals surface area contributed by atoms with Gasteiger partial charge in [-0.3, -0.25) is 4.68 Å². The van der Waals surface area contributed by atoms with Gasteiger partial charge in [-0.05, 0) is 30.2 Å². The number of benzene rings is 1. The van der Waals surface area contributed by atoms with E-state index in [1.54, 1.807) is 0 Å². The normalized spacial score (nSPS) is 11.9. The molecular formula is C16H19BrCl2N2. The Kier molecular flexibility index (Phi) is 5.75. The van der Waals surface area contributed by atoms with Crippen molar-refractivity contribution in [2.75, 3.05) is 11.8 Å². The summed E-state index contributed by atoms with van der Waals surface area (Å²) in [7, 11) is 1.98. The van der Waals surface area contributed by atoms with Gasteiger partial charge in [0.1, 0.15) is 0 Å². The first-order chi connectivity index (χ1) is 10.0. The van der Waals surface area contributed by atoms with Crippen LogP contribution in [0.2, 0.25) is 0 Å². The number of aromatic nitrogens is 2. The highest BCUT2D eigenvalue weighted by Crippen LogP contribution is 2.32. The van der Waals surface area contributed by atoms with Crippen molar-refractivity contribution in [2.24, 2.45) is 7.05 Å². The molecule has 0 saturated carbocycles. The lowest BCUT2D eigenvalue weighted by molar-refractivity contribution is 0.510. The first-order valence-corrected chi connectivity index (χ1v) is 8.80. The zero-order chi connectivity index (χ0) is 15.5. The highest BCUT2D eigenvalue weighted by Gasteiger charge is 2.32. The van der Waals surface area contributed by atoms with E-state index in [1.807, 2.05) is 23.9 Å². The van der Waals surface area contributed by atoms with Gasteiger partial charge in [0, 0.05) is 40.8 Å². The molecule has 0 bridgehead atoms. The summed E-state index contributed by atoms with van der Waals surface area (Å²) in [5.41, 5.74) is 3.15. The van der Waals surface area contributed by atoms with Gasteiger partial charge < -0.3 is 0 Å². The summed E-state index contributed by atoms with van der Waals surface area (Å²) in [6.07, 6.45) is 1.71. The second-order valence-corrected chi connectivity index (χ2v) is 6.79. The first-order valence-electron chi connectivity index (χ1n) is 6.94. The van der Waals surface area contributed by atoms with Gasteiger partial charge in [-0.2, -0.15) is 5.10 Å². The Labute approximate surface area is 144 Å². The molecule has 0 N–H and O–H groups in total. The summed E-state index contributed by atoms with van der Waals surface area (Å²) in [6, 6.07) is 10.4. The lowest BCUT2D eigenvalue weighted by atomic mass is 9.80. The van der Waals surface area contributed by atoms with Crippen LogP contribution in [0.3, 0.4) is 0 Å². The van der Waals surface area contributed by atoms with Gasteiger partial charge in [-0.1, -0.05) is 35.0 Å². The number of aryl methyl sites for hydroxylation is 2. The summed E-state index contributed by atoms with van der Waals surface area (Å²) in [5, 5.41) is 4.51. The van der Waals surface area contributed by atoms with Crippen molar-refractivity contribution in [3.8, 4) is 0 Å². The molecule has 114 valence electrons. The van der Waals surface area contributed by atoms with Crippen LogP contribution in [0.4, 0.5) is 0 Å². The monoisotopic (exact) mass is 388 g/mol. The fraction of sp³-hybridized carbons (Fsp3) is 0.438. The average Bonchev–Trinajstić information content (AvgIpc) is 2.86. The highest BCUT2D eigenvalue weighted by atomic mass is 79.9. The molecular weight excluding hydrogens is 371 g/mol. The van der Waals surface area contributed by atoms with E-state index in [-0.39, 0.29) is 5.41 Å². The third-order valence-electron chi connectivity index (χ3n) is 3.88. The minimum Gasteiger partial charge on any atom is -0.272 e. The Morgan fingerprint density at radius 3 is 2.29 bits per heavy atom. The number of alkyl halides is 2. The van der Waals surface area contributed by atoms with Crippen LogP contribution in [0.15, 0.2) is 34.8 Å². The van der Waals surface area contributed by atoms with Crippen molar-refractivity contribution in [3.63, 3.8) is 0 Å². The smallest absolute Gasteiger partial charge is 0.0624 e. The molecule has 1 aromatic carbocycles. The van der Waals surface area contributed by atoms with E-state index in [0.717, 1.165) is 34.3 Å². The van der Waals surface area contributed by atoms with Gasteiger partial charge in [-0.25, -0.2) is 0 Å². The van der Waals surface area contributed by atoms with Crippen molar-refractivity contribution in [1.29, 1.82) is 0 Å². The molecule has 2 nitrogen and oxygen atoms in total. The third-order valence-corrected chi connectivity index (χ3v) is 5.43. The summed E-state index contributed by atoms with van der Waals surface area (Å²) in [4.78, 5) is 0. The van der Waals surface area contributed by atoms with Gasteiger partial charge in [0.2, 0.25) is 0 Å². The Balaban J connectivity index is 2.37. The molecule has 2 aromatic rings. The minimum absolute atomic E-state index is 0.275. The maximum atomic E-state index is 6.32. The van der Waals surface area contributed by atoms with E-state index in [2.05, 4.69) is 46.2 Å². The maximum Gasteiger partial charge on any atom is 0.0624 e. The van der Waals surface area contributed by atoms with Gasteiger partial charge in [0.15, 0.2) is 0 Å². The van der Waals surface area contributed by atoms with Crippen molar-refractivity contribution in [1.82, 2.24) is 9.78 Å². The number of halogens is 3. The molecule has 0 aliphatic rings. The predicted octanol–water partition coefficient (Wildman–Crippen LogP) is 4.70. The number of hydrogen-bond donors (Lipinski definition) is 0. The highest BCUT2D eigenvalue weighted by molar-refractivity contribution is 9.10. The molecule has 1 heterocycles. The molecule has 2 rings (SSSR count). The fourth-order valence-electron chi connectivity index (χ4n) is 2.45. The fourth-order valence-corrected chi connectivity index (χ4v) is 3.49. The minimum atomic E-state index is -0.275. The van der Waals surface area contributed by atoms with Gasteiger partial charge in [-0.15, -0.1) is 23.2 Å². The molecule has 0 aliphatic heterocycles. The van der Waals surface area contributed by atoms with Crippen molar-refractivity contribution in [2.45, 2.75) is 25.2 Å². The van der Waals surface area contributed by atoms with Crippen LogP contribution in [-0.4, -0.2) is 21.5 Å². The van der Waals surface area contributed by atoms with Crippen LogP contribution in [0, 0.1) is 0 Å². The van der Waals surface area contributed by atoms with E-state index in [0.29, 0.717) is 11.8 Å². The number of rotatable bonds is 6. The molecule has 0 spiro atoms. The Morgan fingerprint density at radius 2 is 1.81 bits per heavy atom.